The first-order valence-electron chi connectivity index (χ1n) is 4.29. The Labute approximate surface area is 81.9 Å². The molecule has 1 aromatic rings. The van der Waals surface area contributed by atoms with E-state index >= 15 is 0 Å². The van der Waals surface area contributed by atoms with Crippen LogP contribution in [0.25, 0.3) is 0 Å². The van der Waals surface area contributed by atoms with Crippen molar-refractivity contribution in [1.82, 2.24) is 0 Å². The van der Waals surface area contributed by atoms with Crippen molar-refractivity contribution in [2.24, 2.45) is 0 Å². The Bertz CT molecular complexity index is 321. The van der Waals surface area contributed by atoms with E-state index in [-0.39, 0.29) is 6.42 Å². The van der Waals surface area contributed by atoms with E-state index < -0.39 is 12.1 Å². The number of rotatable bonds is 2. The van der Waals surface area contributed by atoms with E-state index in [2.05, 4.69) is 10.1 Å². The average Bonchev–Trinajstić information content (AvgIpc) is 2.19. The number of amides is 1. The van der Waals surface area contributed by atoms with Crippen molar-refractivity contribution >= 4 is 17.7 Å². The maximum Gasteiger partial charge on any atom is 0.419 e. The Hall–Kier alpha value is -1.84. The molecule has 0 atom stereocenters. The summed E-state index contributed by atoms with van der Waals surface area (Å²) in [6.07, 6.45) is -0.564. The molecule has 0 bridgehead atoms. The van der Waals surface area contributed by atoms with Crippen LogP contribution in [0.2, 0.25) is 0 Å². The third-order valence-electron chi connectivity index (χ3n) is 1.52. The van der Waals surface area contributed by atoms with Gasteiger partial charge in [0, 0.05) is 12.1 Å². The molecular weight excluding hydrogens is 182 g/mol. The molecule has 1 amide bonds. The fourth-order valence-corrected chi connectivity index (χ4v) is 0.840. The molecule has 14 heavy (non-hydrogen) atoms. The van der Waals surface area contributed by atoms with E-state index in [4.69, 9.17) is 0 Å². The lowest BCUT2D eigenvalue weighted by atomic mass is 10.3. The lowest BCUT2D eigenvalue weighted by Crippen LogP contribution is -2.17. The standard InChI is InChI=1S/C10H11NO3/c1-2-9(12)14-10(13)11-8-6-4-3-5-7-8/h3-7H,2H2,1H3,(H,11,13). The van der Waals surface area contributed by atoms with Crippen LogP contribution in [-0.4, -0.2) is 12.1 Å². The lowest BCUT2D eigenvalue weighted by Gasteiger charge is -2.03. The van der Waals surface area contributed by atoms with Crippen LogP contribution in [0.4, 0.5) is 10.5 Å². The highest BCUT2D eigenvalue weighted by Gasteiger charge is 2.07. The zero-order valence-electron chi connectivity index (χ0n) is 7.82. The van der Waals surface area contributed by atoms with E-state index in [1.54, 1.807) is 31.2 Å². The van der Waals surface area contributed by atoms with E-state index in [1.807, 2.05) is 6.07 Å². The lowest BCUT2D eigenvalue weighted by molar-refractivity contribution is -0.136. The van der Waals surface area contributed by atoms with Gasteiger partial charge >= 0.3 is 12.1 Å². The van der Waals surface area contributed by atoms with Crippen LogP contribution in [0.5, 0.6) is 0 Å². The number of anilines is 1. The number of carbonyl (C=O) groups is 2. The summed E-state index contributed by atoms with van der Waals surface area (Å²) < 4.78 is 4.41. The Kier molecular flexibility index (Phi) is 3.67. The summed E-state index contributed by atoms with van der Waals surface area (Å²) in [6.45, 7) is 1.62. The van der Waals surface area contributed by atoms with Crippen molar-refractivity contribution in [2.45, 2.75) is 13.3 Å². The quantitative estimate of drug-likeness (QED) is 0.578. The van der Waals surface area contributed by atoms with E-state index in [0.29, 0.717) is 5.69 Å². The molecule has 0 unspecified atom stereocenters. The zero-order chi connectivity index (χ0) is 10.4. The number of para-hydroxylation sites is 1. The van der Waals surface area contributed by atoms with E-state index in [0.717, 1.165) is 0 Å². The van der Waals surface area contributed by atoms with Crippen LogP contribution in [0.1, 0.15) is 13.3 Å². The molecule has 0 aliphatic heterocycles. The van der Waals surface area contributed by atoms with Gasteiger partial charge in [0.05, 0.1) is 0 Å². The Morgan fingerprint density at radius 3 is 2.50 bits per heavy atom. The van der Waals surface area contributed by atoms with Crippen LogP contribution in [-0.2, 0) is 9.53 Å². The second-order valence-electron chi connectivity index (χ2n) is 2.61. The van der Waals surface area contributed by atoms with Crippen LogP contribution in [0, 0.1) is 0 Å². The summed E-state index contributed by atoms with van der Waals surface area (Å²) in [5.41, 5.74) is 0.599. The number of carbonyl (C=O) groups excluding carboxylic acids is 2. The second-order valence-corrected chi connectivity index (χ2v) is 2.61. The van der Waals surface area contributed by atoms with Crippen molar-refractivity contribution in [2.75, 3.05) is 5.32 Å². The predicted molar refractivity (Wildman–Crippen MR) is 51.8 cm³/mol. The monoisotopic (exact) mass is 193 g/mol. The van der Waals surface area contributed by atoms with Gasteiger partial charge in [0.25, 0.3) is 0 Å². The first-order chi connectivity index (χ1) is 6.72. The third-order valence-corrected chi connectivity index (χ3v) is 1.52. The summed E-state index contributed by atoms with van der Waals surface area (Å²) in [4.78, 5) is 21.8. The minimum Gasteiger partial charge on any atom is -0.376 e. The molecule has 1 aromatic carbocycles. The average molecular weight is 193 g/mol. The summed E-state index contributed by atoms with van der Waals surface area (Å²) in [6, 6.07) is 8.79. The number of benzene rings is 1. The van der Waals surface area contributed by atoms with Gasteiger partial charge in [-0.05, 0) is 12.1 Å². The highest BCUT2D eigenvalue weighted by atomic mass is 16.6. The fraction of sp³-hybridized carbons (Fsp3) is 0.200. The molecule has 74 valence electrons. The van der Waals surface area contributed by atoms with Crippen molar-refractivity contribution in [3.05, 3.63) is 30.3 Å². The molecule has 0 aromatic heterocycles. The minimum atomic E-state index is -0.747. The first-order valence-corrected chi connectivity index (χ1v) is 4.29. The molecule has 0 saturated carbocycles. The normalized spacial score (nSPS) is 9.21. The number of ether oxygens (including phenoxy) is 1. The van der Waals surface area contributed by atoms with Gasteiger partial charge in [-0.15, -0.1) is 0 Å². The van der Waals surface area contributed by atoms with Crippen molar-refractivity contribution in [3.63, 3.8) is 0 Å². The zero-order valence-corrected chi connectivity index (χ0v) is 7.82. The minimum absolute atomic E-state index is 0.183. The SMILES string of the molecule is CCC(=O)OC(=O)Nc1ccccc1. The second kappa shape index (κ2) is 5.01. The molecule has 4 nitrogen and oxygen atoms in total. The molecular formula is C10H11NO3. The topological polar surface area (TPSA) is 55.4 Å². The van der Waals surface area contributed by atoms with Gasteiger partial charge in [0.15, 0.2) is 0 Å². The largest absolute Gasteiger partial charge is 0.419 e. The molecule has 1 rings (SSSR count). The van der Waals surface area contributed by atoms with Crippen molar-refractivity contribution in [3.8, 4) is 0 Å². The van der Waals surface area contributed by atoms with Gasteiger partial charge in [-0.2, -0.15) is 0 Å². The molecule has 0 saturated heterocycles. The highest BCUT2D eigenvalue weighted by molar-refractivity contribution is 5.92. The Balaban J connectivity index is 2.46. The summed E-state index contributed by atoms with van der Waals surface area (Å²) in [5, 5.41) is 2.43. The molecule has 0 aliphatic carbocycles. The number of hydrogen-bond donors (Lipinski definition) is 1. The summed E-state index contributed by atoms with van der Waals surface area (Å²) in [7, 11) is 0. The van der Waals surface area contributed by atoms with Crippen molar-refractivity contribution < 1.29 is 14.3 Å². The maximum absolute atomic E-state index is 11.0. The van der Waals surface area contributed by atoms with Gasteiger partial charge in [-0.1, -0.05) is 25.1 Å². The molecule has 0 radical (unpaired) electrons. The van der Waals surface area contributed by atoms with Crippen LogP contribution in [0.15, 0.2) is 30.3 Å². The van der Waals surface area contributed by atoms with Gasteiger partial charge < -0.3 is 4.74 Å². The molecule has 0 fully saturated rings. The highest BCUT2D eigenvalue weighted by Crippen LogP contribution is 2.05. The van der Waals surface area contributed by atoms with E-state index in [1.165, 1.54) is 0 Å². The van der Waals surface area contributed by atoms with Gasteiger partial charge in [-0.3, -0.25) is 10.1 Å². The van der Waals surface area contributed by atoms with Gasteiger partial charge in [-0.25, -0.2) is 4.79 Å². The van der Waals surface area contributed by atoms with E-state index in [9.17, 15) is 9.59 Å². The van der Waals surface area contributed by atoms with Gasteiger partial charge in [0.1, 0.15) is 0 Å². The third kappa shape index (κ3) is 3.26. The van der Waals surface area contributed by atoms with Gasteiger partial charge in [0.2, 0.25) is 0 Å². The molecule has 0 aliphatic rings. The predicted octanol–water partition coefficient (Wildman–Crippen LogP) is 2.17. The fourth-order valence-electron chi connectivity index (χ4n) is 0.840. The van der Waals surface area contributed by atoms with Crippen molar-refractivity contribution in [1.29, 1.82) is 0 Å². The Morgan fingerprint density at radius 2 is 1.93 bits per heavy atom. The van der Waals surface area contributed by atoms with Crippen LogP contribution >= 0.6 is 0 Å². The summed E-state index contributed by atoms with van der Waals surface area (Å²) >= 11 is 0. The summed E-state index contributed by atoms with van der Waals surface area (Å²) in [5.74, 6) is -0.543. The number of hydrogen-bond acceptors (Lipinski definition) is 3. The number of nitrogens with one attached hydrogen (secondary N) is 1. The van der Waals surface area contributed by atoms with Crippen LogP contribution < -0.4 is 5.32 Å². The number of esters is 1. The first kappa shape index (κ1) is 10.2. The maximum atomic E-state index is 11.0. The smallest absolute Gasteiger partial charge is 0.376 e. The molecule has 0 spiro atoms. The molecule has 0 heterocycles. The molecule has 4 heteroatoms. The Morgan fingerprint density at radius 1 is 1.29 bits per heavy atom. The van der Waals surface area contributed by atoms with Crippen LogP contribution in [0.3, 0.4) is 0 Å². The molecule has 1 N–H and O–H groups in total.